The molecule has 4 rings (SSSR count). The zero-order valence-electron chi connectivity index (χ0n) is 16.2. The van der Waals surface area contributed by atoms with Crippen molar-refractivity contribution >= 4 is 16.7 Å². The van der Waals surface area contributed by atoms with Crippen LogP contribution in [-0.4, -0.2) is 22.6 Å². The molecule has 1 aliphatic heterocycles. The SMILES string of the molecule is CCn1c(C)c(C)c2ccnc(N3CCCC(C4CCCCC4)C3)c21. The van der Waals surface area contributed by atoms with Crippen molar-refractivity contribution in [1.82, 2.24) is 9.55 Å². The smallest absolute Gasteiger partial charge is 0.153 e. The van der Waals surface area contributed by atoms with Crippen molar-refractivity contribution in [2.24, 2.45) is 11.8 Å². The molecular weight excluding hydrogens is 306 g/mol. The van der Waals surface area contributed by atoms with Crippen molar-refractivity contribution in [3.05, 3.63) is 23.5 Å². The minimum atomic E-state index is 0.873. The van der Waals surface area contributed by atoms with Crippen LogP contribution in [-0.2, 0) is 6.54 Å². The van der Waals surface area contributed by atoms with Crippen LogP contribution in [0.15, 0.2) is 12.3 Å². The summed E-state index contributed by atoms with van der Waals surface area (Å²) in [7, 11) is 0. The van der Waals surface area contributed by atoms with Gasteiger partial charge in [-0.3, -0.25) is 0 Å². The Hall–Kier alpha value is -1.51. The second-order valence-electron chi connectivity index (χ2n) is 8.23. The summed E-state index contributed by atoms with van der Waals surface area (Å²) in [4.78, 5) is 7.49. The van der Waals surface area contributed by atoms with Crippen molar-refractivity contribution in [1.29, 1.82) is 0 Å². The number of aryl methyl sites for hydroxylation is 2. The zero-order valence-corrected chi connectivity index (χ0v) is 16.2. The van der Waals surface area contributed by atoms with Crippen molar-refractivity contribution in [3.8, 4) is 0 Å². The van der Waals surface area contributed by atoms with E-state index in [1.165, 1.54) is 86.0 Å². The van der Waals surface area contributed by atoms with E-state index in [9.17, 15) is 0 Å². The van der Waals surface area contributed by atoms with E-state index in [1.807, 2.05) is 6.20 Å². The summed E-state index contributed by atoms with van der Waals surface area (Å²) in [5.41, 5.74) is 4.18. The lowest BCUT2D eigenvalue weighted by molar-refractivity contribution is 0.220. The predicted molar refractivity (Wildman–Crippen MR) is 106 cm³/mol. The van der Waals surface area contributed by atoms with Gasteiger partial charge in [0.1, 0.15) is 0 Å². The molecule has 1 aliphatic carbocycles. The molecule has 3 heterocycles. The number of hydrogen-bond acceptors (Lipinski definition) is 2. The summed E-state index contributed by atoms with van der Waals surface area (Å²) in [6.45, 7) is 10.2. The summed E-state index contributed by atoms with van der Waals surface area (Å²) in [5, 5.41) is 1.39. The van der Waals surface area contributed by atoms with Gasteiger partial charge in [0.15, 0.2) is 5.82 Å². The summed E-state index contributed by atoms with van der Waals surface area (Å²) < 4.78 is 2.47. The van der Waals surface area contributed by atoms with Gasteiger partial charge in [-0.05, 0) is 57.1 Å². The number of nitrogens with zero attached hydrogens (tertiary/aromatic N) is 3. The molecule has 0 amide bonds. The van der Waals surface area contributed by atoms with Crippen LogP contribution in [0.1, 0.15) is 63.1 Å². The highest BCUT2D eigenvalue weighted by molar-refractivity contribution is 5.93. The van der Waals surface area contributed by atoms with Crippen LogP contribution < -0.4 is 4.90 Å². The Morgan fingerprint density at radius 1 is 1.04 bits per heavy atom. The number of aromatic nitrogens is 2. The second kappa shape index (κ2) is 7.01. The van der Waals surface area contributed by atoms with Crippen LogP contribution >= 0.6 is 0 Å². The molecule has 3 nitrogen and oxygen atoms in total. The van der Waals surface area contributed by atoms with Gasteiger partial charge < -0.3 is 9.47 Å². The molecular formula is C22H33N3. The highest BCUT2D eigenvalue weighted by Gasteiger charge is 2.30. The Kier molecular flexibility index (Phi) is 4.75. The van der Waals surface area contributed by atoms with E-state index in [4.69, 9.17) is 4.98 Å². The normalized spacial score (nSPS) is 22.7. The third kappa shape index (κ3) is 2.96. The average Bonchev–Trinajstić information content (AvgIpc) is 2.93. The number of fused-ring (bicyclic) bond motifs is 1. The quantitative estimate of drug-likeness (QED) is 0.739. The van der Waals surface area contributed by atoms with E-state index < -0.39 is 0 Å². The Labute approximate surface area is 152 Å². The Morgan fingerprint density at radius 3 is 2.56 bits per heavy atom. The maximum Gasteiger partial charge on any atom is 0.153 e. The summed E-state index contributed by atoms with van der Waals surface area (Å²) in [6, 6.07) is 2.20. The van der Waals surface area contributed by atoms with E-state index in [1.54, 1.807) is 0 Å². The van der Waals surface area contributed by atoms with E-state index in [-0.39, 0.29) is 0 Å². The molecule has 1 unspecified atom stereocenters. The van der Waals surface area contributed by atoms with Gasteiger partial charge in [0.25, 0.3) is 0 Å². The maximum atomic E-state index is 4.88. The monoisotopic (exact) mass is 339 g/mol. The van der Waals surface area contributed by atoms with Gasteiger partial charge in [-0.15, -0.1) is 0 Å². The largest absolute Gasteiger partial charge is 0.355 e. The summed E-state index contributed by atoms with van der Waals surface area (Å²) >= 11 is 0. The third-order valence-electron chi connectivity index (χ3n) is 6.92. The summed E-state index contributed by atoms with van der Waals surface area (Å²) in [5.74, 6) is 3.06. The molecule has 3 heteroatoms. The molecule has 1 atom stereocenters. The third-order valence-corrected chi connectivity index (χ3v) is 6.92. The topological polar surface area (TPSA) is 21.1 Å². The minimum Gasteiger partial charge on any atom is -0.355 e. The number of pyridine rings is 1. The lowest BCUT2D eigenvalue weighted by Crippen LogP contribution is -2.39. The van der Waals surface area contributed by atoms with E-state index in [2.05, 4.69) is 36.3 Å². The molecule has 0 bridgehead atoms. The first-order chi connectivity index (χ1) is 12.2. The molecule has 2 fully saturated rings. The fourth-order valence-corrected chi connectivity index (χ4v) is 5.40. The first-order valence-electron chi connectivity index (χ1n) is 10.4. The Morgan fingerprint density at radius 2 is 1.80 bits per heavy atom. The molecule has 136 valence electrons. The van der Waals surface area contributed by atoms with Gasteiger partial charge in [0.2, 0.25) is 0 Å². The van der Waals surface area contributed by atoms with Crippen LogP contribution in [0.5, 0.6) is 0 Å². The van der Waals surface area contributed by atoms with Crippen LogP contribution in [0.2, 0.25) is 0 Å². The fraction of sp³-hybridized carbons (Fsp3) is 0.682. The van der Waals surface area contributed by atoms with Crippen LogP contribution in [0.25, 0.3) is 10.9 Å². The molecule has 0 spiro atoms. The first-order valence-corrected chi connectivity index (χ1v) is 10.4. The van der Waals surface area contributed by atoms with Gasteiger partial charge in [-0.1, -0.05) is 32.1 Å². The molecule has 1 saturated carbocycles. The van der Waals surface area contributed by atoms with Crippen LogP contribution in [0.4, 0.5) is 5.82 Å². The van der Waals surface area contributed by atoms with Crippen molar-refractivity contribution in [2.75, 3.05) is 18.0 Å². The fourth-order valence-electron chi connectivity index (χ4n) is 5.40. The van der Waals surface area contributed by atoms with Crippen molar-refractivity contribution in [3.63, 3.8) is 0 Å². The second-order valence-corrected chi connectivity index (χ2v) is 8.23. The van der Waals surface area contributed by atoms with E-state index >= 15 is 0 Å². The number of piperidine rings is 1. The summed E-state index contributed by atoms with van der Waals surface area (Å²) in [6.07, 6.45) is 12.0. The standard InChI is InChI=1S/C22H33N3/c1-4-25-17(3)16(2)20-12-13-23-22(21(20)25)24-14-8-11-19(15-24)18-9-6-5-7-10-18/h12-13,18-19H,4-11,14-15H2,1-3H3. The zero-order chi connectivity index (χ0) is 17.4. The van der Waals surface area contributed by atoms with E-state index in [0.29, 0.717) is 0 Å². The average molecular weight is 340 g/mol. The first kappa shape index (κ1) is 16.9. The van der Waals surface area contributed by atoms with Crippen LogP contribution in [0.3, 0.4) is 0 Å². The molecule has 0 aromatic carbocycles. The Bertz CT molecular complexity index is 739. The molecule has 2 aromatic rings. The van der Waals surface area contributed by atoms with Gasteiger partial charge >= 0.3 is 0 Å². The number of rotatable bonds is 3. The van der Waals surface area contributed by atoms with Crippen molar-refractivity contribution in [2.45, 2.75) is 72.3 Å². The molecule has 0 N–H and O–H groups in total. The number of hydrogen-bond donors (Lipinski definition) is 0. The van der Waals surface area contributed by atoms with Gasteiger partial charge in [0.05, 0.1) is 5.52 Å². The van der Waals surface area contributed by atoms with Crippen molar-refractivity contribution < 1.29 is 0 Å². The minimum absolute atomic E-state index is 0.873. The molecule has 2 aliphatic rings. The maximum absolute atomic E-state index is 4.88. The lowest BCUT2D eigenvalue weighted by Gasteiger charge is -2.39. The van der Waals surface area contributed by atoms with Crippen LogP contribution in [0, 0.1) is 25.7 Å². The lowest BCUT2D eigenvalue weighted by atomic mass is 9.76. The van der Waals surface area contributed by atoms with E-state index in [0.717, 1.165) is 18.4 Å². The molecule has 2 aromatic heterocycles. The predicted octanol–water partition coefficient (Wildman–Crippen LogP) is 5.47. The Balaban J connectivity index is 1.68. The highest BCUT2D eigenvalue weighted by atomic mass is 15.2. The molecule has 1 saturated heterocycles. The van der Waals surface area contributed by atoms with Gasteiger partial charge in [-0.25, -0.2) is 4.98 Å². The molecule has 0 radical (unpaired) electrons. The van der Waals surface area contributed by atoms with Gasteiger partial charge in [0, 0.05) is 36.9 Å². The van der Waals surface area contributed by atoms with Gasteiger partial charge in [-0.2, -0.15) is 0 Å². The number of anilines is 1. The highest BCUT2D eigenvalue weighted by Crippen LogP contribution is 2.38. The molecule has 25 heavy (non-hydrogen) atoms.